The van der Waals surface area contributed by atoms with Crippen LogP contribution in [-0.2, 0) is 18.4 Å². The number of rotatable bonds is 4. The third kappa shape index (κ3) is 3.22. The lowest BCUT2D eigenvalue weighted by atomic mass is 9.93. The van der Waals surface area contributed by atoms with Crippen molar-refractivity contribution in [2.24, 2.45) is 5.92 Å². The van der Waals surface area contributed by atoms with Gasteiger partial charge in [-0.05, 0) is 5.57 Å². The normalized spacial score (nSPS) is 39.4. The zero-order valence-corrected chi connectivity index (χ0v) is 12.2. The van der Waals surface area contributed by atoms with Gasteiger partial charge in [0.25, 0.3) is 0 Å². The molecule has 1 saturated heterocycles. The highest BCUT2D eigenvalue weighted by molar-refractivity contribution is 7.55. The van der Waals surface area contributed by atoms with E-state index in [1.54, 1.807) is 13.8 Å². The first-order valence-corrected chi connectivity index (χ1v) is 9.05. The largest absolute Gasteiger partial charge is 0.377 e. The Bertz CT molecular complexity index is 499. The van der Waals surface area contributed by atoms with Gasteiger partial charge in [-0.1, -0.05) is 13.8 Å². The summed E-state index contributed by atoms with van der Waals surface area (Å²) in [5.41, 5.74) is -0.212. The third-order valence-corrected chi connectivity index (χ3v) is 5.64. The minimum absolute atomic E-state index is 0.379. The Balaban J connectivity index is 2.13. The van der Waals surface area contributed by atoms with Gasteiger partial charge in [-0.2, -0.15) is 0 Å². The van der Waals surface area contributed by atoms with Crippen molar-refractivity contribution in [1.82, 2.24) is 0 Å². The summed E-state index contributed by atoms with van der Waals surface area (Å²) < 4.78 is 33.1. The molecule has 1 saturated carbocycles. The highest BCUT2D eigenvalue weighted by atomic mass is 31.2. The Labute approximate surface area is 112 Å². The molecule has 2 aliphatic rings. The SMILES string of the molecule is [B][C@@H]1O[C@@H]2/C(=C\P(=O)(O)O)C2[C@H]1OP(=O)(O)C(C)C. The van der Waals surface area contributed by atoms with E-state index >= 15 is 0 Å². The van der Waals surface area contributed by atoms with Gasteiger partial charge in [-0.15, -0.1) is 0 Å². The van der Waals surface area contributed by atoms with E-state index < -0.39 is 45.0 Å². The van der Waals surface area contributed by atoms with Crippen molar-refractivity contribution in [1.29, 1.82) is 0 Å². The maximum Gasteiger partial charge on any atom is 0.349 e. The fraction of sp³-hybridized carbons (Fsp3) is 0.778. The molecular formula is C9H15BO7P2. The van der Waals surface area contributed by atoms with Crippen LogP contribution in [-0.4, -0.2) is 46.4 Å². The van der Waals surface area contributed by atoms with Crippen molar-refractivity contribution in [2.45, 2.75) is 37.7 Å². The van der Waals surface area contributed by atoms with Crippen molar-refractivity contribution in [3.05, 3.63) is 11.4 Å². The number of hydrogen-bond donors (Lipinski definition) is 3. The molecule has 1 aliphatic heterocycles. The van der Waals surface area contributed by atoms with Crippen LogP contribution in [0.3, 0.4) is 0 Å². The molecule has 2 fully saturated rings. The second kappa shape index (κ2) is 4.81. The van der Waals surface area contributed by atoms with Crippen LogP contribution in [0.2, 0.25) is 0 Å². The van der Waals surface area contributed by atoms with Crippen LogP contribution in [0.1, 0.15) is 13.8 Å². The van der Waals surface area contributed by atoms with Gasteiger partial charge in [-0.3, -0.25) is 9.13 Å². The van der Waals surface area contributed by atoms with E-state index in [4.69, 9.17) is 26.9 Å². The monoisotopic (exact) mass is 308 g/mol. The van der Waals surface area contributed by atoms with Gasteiger partial charge in [0.05, 0.1) is 17.9 Å². The Kier molecular flexibility index (Phi) is 3.91. The quantitative estimate of drug-likeness (QED) is 0.513. The summed E-state index contributed by atoms with van der Waals surface area (Å²) >= 11 is 0. The van der Waals surface area contributed by atoms with Crippen LogP contribution < -0.4 is 0 Å². The van der Waals surface area contributed by atoms with E-state index in [1.165, 1.54) is 0 Å². The predicted molar refractivity (Wildman–Crippen MR) is 67.9 cm³/mol. The standard InChI is InChI=1S/C9H15BO7P2/c1-4(2)19(14,15)17-8-6-5(3-18(11,12)13)7(6)16-9(8)10/h3-4,6-9H,1-2H3,(H,14,15)(H2,11,12,13)/b5-3-/t6?,7-,8-,9-/m1/s1. The molecule has 10 heteroatoms. The number of ether oxygens (including phenoxy) is 1. The van der Waals surface area contributed by atoms with Crippen LogP contribution >= 0.6 is 15.2 Å². The molecule has 106 valence electrons. The number of fused-ring (bicyclic) bond motifs is 1. The average molecular weight is 308 g/mol. The molecule has 0 aromatic carbocycles. The second-order valence-electron chi connectivity index (χ2n) is 4.99. The summed E-state index contributed by atoms with van der Waals surface area (Å²) in [5.74, 6) is 0.351. The summed E-state index contributed by atoms with van der Waals surface area (Å²) in [5, 5.41) is 0. The fourth-order valence-electron chi connectivity index (χ4n) is 2.03. The molecule has 2 unspecified atom stereocenters. The first kappa shape index (κ1) is 15.5. The van der Waals surface area contributed by atoms with Gasteiger partial charge in [0.1, 0.15) is 7.85 Å². The van der Waals surface area contributed by atoms with Crippen LogP contribution in [0, 0.1) is 5.92 Å². The lowest BCUT2D eigenvalue weighted by Crippen LogP contribution is -2.29. The van der Waals surface area contributed by atoms with E-state index in [1.807, 2.05) is 0 Å². The first-order valence-electron chi connectivity index (χ1n) is 5.73. The smallest absolute Gasteiger partial charge is 0.349 e. The molecule has 0 amide bonds. The van der Waals surface area contributed by atoms with E-state index in [-0.39, 0.29) is 0 Å². The van der Waals surface area contributed by atoms with Crippen molar-refractivity contribution >= 4 is 23.0 Å². The minimum Gasteiger partial charge on any atom is -0.377 e. The first-order chi connectivity index (χ1) is 8.53. The van der Waals surface area contributed by atoms with Crippen LogP contribution in [0.15, 0.2) is 11.4 Å². The lowest BCUT2D eigenvalue weighted by molar-refractivity contribution is 0.0721. The lowest BCUT2D eigenvalue weighted by Gasteiger charge is -2.24. The molecule has 3 N–H and O–H groups in total. The average Bonchev–Trinajstić information content (AvgIpc) is 2.72. The summed E-state index contributed by atoms with van der Waals surface area (Å²) in [7, 11) is -2.49. The molecule has 2 radical (unpaired) electrons. The van der Waals surface area contributed by atoms with Crippen molar-refractivity contribution in [3.63, 3.8) is 0 Å². The summed E-state index contributed by atoms with van der Waals surface area (Å²) in [6.45, 7) is 3.08. The Hall–Kier alpha value is 0.0649. The summed E-state index contributed by atoms with van der Waals surface area (Å²) in [6, 6.07) is -0.872. The van der Waals surface area contributed by atoms with Crippen LogP contribution in [0.25, 0.3) is 0 Å². The highest BCUT2D eigenvalue weighted by Gasteiger charge is 2.60. The van der Waals surface area contributed by atoms with E-state index in [9.17, 15) is 14.0 Å². The van der Waals surface area contributed by atoms with E-state index in [2.05, 4.69) is 0 Å². The molecule has 1 heterocycles. The molecule has 0 aromatic rings. The molecule has 1 aliphatic carbocycles. The Morgan fingerprint density at radius 3 is 2.42 bits per heavy atom. The second-order valence-corrected chi connectivity index (χ2v) is 8.80. The van der Waals surface area contributed by atoms with Crippen molar-refractivity contribution < 1.29 is 33.1 Å². The van der Waals surface area contributed by atoms with Crippen LogP contribution in [0.5, 0.6) is 0 Å². The van der Waals surface area contributed by atoms with Crippen molar-refractivity contribution in [2.75, 3.05) is 0 Å². The summed E-state index contributed by atoms with van der Waals surface area (Å²) in [4.78, 5) is 27.4. The minimum atomic E-state index is -4.30. The zero-order valence-electron chi connectivity index (χ0n) is 10.4. The molecule has 0 bridgehead atoms. The maximum atomic E-state index is 11.8. The fourth-order valence-corrected chi connectivity index (χ4v) is 3.58. The van der Waals surface area contributed by atoms with Crippen molar-refractivity contribution in [3.8, 4) is 0 Å². The molecule has 2 rings (SSSR count). The molecule has 0 spiro atoms. The molecular weight excluding hydrogens is 293 g/mol. The summed E-state index contributed by atoms with van der Waals surface area (Å²) in [6.07, 6.45) is -1.39. The predicted octanol–water partition coefficient (Wildman–Crippen LogP) is 0.550. The highest BCUT2D eigenvalue weighted by Crippen LogP contribution is 2.60. The van der Waals surface area contributed by atoms with Gasteiger partial charge in [0.2, 0.25) is 0 Å². The third-order valence-electron chi connectivity index (χ3n) is 3.15. The molecule has 19 heavy (non-hydrogen) atoms. The van der Waals surface area contributed by atoms with Crippen LogP contribution in [0.4, 0.5) is 0 Å². The molecule has 7 nitrogen and oxygen atoms in total. The Morgan fingerprint density at radius 2 is 1.95 bits per heavy atom. The van der Waals surface area contributed by atoms with Gasteiger partial charge in [0.15, 0.2) is 0 Å². The Morgan fingerprint density at radius 1 is 1.37 bits per heavy atom. The zero-order chi connectivity index (χ0) is 14.6. The van der Waals surface area contributed by atoms with E-state index in [0.717, 1.165) is 5.82 Å². The number of hydrogen-bond acceptors (Lipinski definition) is 4. The van der Waals surface area contributed by atoms with E-state index in [0.29, 0.717) is 5.57 Å². The van der Waals surface area contributed by atoms with Gasteiger partial charge in [0, 0.05) is 17.7 Å². The molecule has 0 aromatic heterocycles. The van der Waals surface area contributed by atoms with Gasteiger partial charge in [-0.25, -0.2) is 0 Å². The van der Waals surface area contributed by atoms with Gasteiger partial charge >= 0.3 is 15.2 Å². The molecule has 5 atom stereocenters. The maximum absolute atomic E-state index is 11.8. The van der Waals surface area contributed by atoms with Gasteiger partial charge < -0.3 is 23.9 Å². The topological polar surface area (TPSA) is 113 Å².